The number of piperidine rings is 2. The van der Waals surface area contributed by atoms with E-state index in [9.17, 15) is 14.3 Å². The number of halogens is 3. The molecule has 8 rings (SSSR count). The van der Waals surface area contributed by atoms with Crippen LogP contribution in [-0.4, -0.2) is 39.4 Å². The SMILES string of the molecule is C[C@]12[C@@H]3CN(c4nc5c(F)cc(C(=O)O)cc5s4)[C@H]1[C@@]2(OCc1c(-c2c(Cl)cccc2Cl)noc1C1CC1)C3. The summed E-state index contributed by atoms with van der Waals surface area (Å²) < 4.78 is 27.8. The zero-order valence-corrected chi connectivity index (χ0v) is 23.0. The zero-order chi connectivity index (χ0) is 26.8. The number of hydrogen-bond donors (Lipinski definition) is 1. The third-order valence-electron chi connectivity index (χ3n) is 9.33. The topological polar surface area (TPSA) is 88.7 Å². The van der Waals surface area contributed by atoms with Crippen LogP contribution in [0.15, 0.2) is 34.9 Å². The second kappa shape index (κ2) is 7.94. The molecule has 39 heavy (non-hydrogen) atoms. The fraction of sp³-hybridized carbons (Fsp3) is 0.393. The predicted octanol–water partition coefficient (Wildman–Crippen LogP) is 7.16. The molecule has 0 spiro atoms. The van der Waals surface area contributed by atoms with Crippen LogP contribution in [0.2, 0.25) is 10.0 Å². The molecule has 3 aliphatic carbocycles. The Morgan fingerprint density at radius 1 is 1.31 bits per heavy atom. The Bertz CT molecular complexity index is 1700. The van der Waals surface area contributed by atoms with E-state index in [0.717, 1.165) is 43.2 Å². The Morgan fingerprint density at radius 3 is 2.79 bits per heavy atom. The number of nitrogens with zero attached hydrogens (tertiary/aromatic N) is 3. The van der Waals surface area contributed by atoms with Gasteiger partial charge >= 0.3 is 5.97 Å². The van der Waals surface area contributed by atoms with Gasteiger partial charge in [0.2, 0.25) is 0 Å². The number of fused-ring (bicyclic) bond motifs is 2. The van der Waals surface area contributed by atoms with Crippen molar-refractivity contribution >= 4 is 55.9 Å². The summed E-state index contributed by atoms with van der Waals surface area (Å²) in [4.78, 5) is 18.2. The number of carbonyl (C=O) groups is 1. The van der Waals surface area contributed by atoms with E-state index in [2.05, 4.69) is 22.0 Å². The van der Waals surface area contributed by atoms with E-state index in [4.69, 9.17) is 32.5 Å². The van der Waals surface area contributed by atoms with E-state index < -0.39 is 11.8 Å². The maximum Gasteiger partial charge on any atom is 0.335 e. The van der Waals surface area contributed by atoms with E-state index in [1.54, 1.807) is 18.2 Å². The molecule has 2 aromatic carbocycles. The molecule has 4 aliphatic rings. The molecule has 2 aromatic heterocycles. The van der Waals surface area contributed by atoms with E-state index in [-0.39, 0.29) is 28.1 Å². The molecule has 1 saturated heterocycles. The third kappa shape index (κ3) is 3.16. The Labute approximate surface area is 236 Å². The Kier molecular flexibility index (Phi) is 4.91. The number of aromatic carboxylic acids is 1. The van der Waals surface area contributed by atoms with Gasteiger partial charge in [-0.15, -0.1) is 0 Å². The summed E-state index contributed by atoms with van der Waals surface area (Å²) in [6, 6.07) is 8.01. The molecule has 0 amide bonds. The van der Waals surface area contributed by atoms with Gasteiger partial charge in [0.1, 0.15) is 17.0 Å². The third-order valence-corrected chi connectivity index (χ3v) is 11.0. The number of thiazole rings is 1. The summed E-state index contributed by atoms with van der Waals surface area (Å²) >= 11 is 14.4. The number of carboxylic acids is 1. The largest absolute Gasteiger partial charge is 0.478 e. The molecule has 4 fully saturated rings. The average molecular weight is 586 g/mol. The van der Waals surface area contributed by atoms with Gasteiger partial charge in [-0.05, 0) is 49.4 Å². The molecule has 0 unspecified atom stereocenters. The summed E-state index contributed by atoms with van der Waals surface area (Å²) in [5.74, 6) is -0.162. The predicted molar refractivity (Wildman–Crippen MR) is 145 cm³/mol. The van der Waals surface area contributed by atoms with Crippen LogP contribution in [0.4, 0.5) is 9.52 Å². The van der Waals surface area contributed by atoms with Gasteiger partial charge in [-0.25, -0.2) is 14.2 Å². The minimum atomic E-state index is -1.16. The fourth-order valence-electron chi connectivity index (χ4n) is 7.13. The van der Waals surface area contributed by atoms with Gasteiger partial charge in [-0.3, -0.25) is 0 Å². The Hall–Kier alpha value is -2.72. The van der Waals surface area contributed by atoms with Crippen LogP contribution in [0.1, 0.15) is 53.8 Å². The van der Waals surface area contributed by atoms with Crippen LogP contribution in [0.3, 0.4) is 0 Å². The molecule has 4 aromatic rings. The molecule has 4 atom stereocenters. The molecular weight excluding hydrogens is 564 g/mol. The highest BCUT2D eigenvalue weighted by Crippen LogP contribution is 2.81. The van der Waals surface area contributed by atoms with Gasteiger partial charge in [0.25, 0.3) is 0 Å². The van der Waals surface area contributed by atoms with Crippen molar-refractivity contribution < 1.29 is 23.6 Å². The molecule has 200 valence electrons. The lowest BCUT2D eigenvalue weighted by Crippen LogP contribution is -2.49. The summed E-state index contributed by atoms with van der Waals surface area (Å²) in [6.45, 7) is 3.40. The zero-order valence-electron chi connectivity index (χ0n) is 20.7. The lowest BCUT2D eigenvalue weighted by atomic mass is 9.72. The second-order valence-corrected chi connectivity index (χ2v) is 13.1. The summed E-state index contributed by atoms with van der Waals surface area (Å²) in [7, 11) is 0. The normalized spacial score (nSPS) is 28.6. The first-order valence-electron chi connectivity index (χ1n) is 12.9. The molecule has 7 nitrogen and oxygen atoms in total. The number of benzene rings is 2. The lowest BCUT2D eigenvalue weighted by Gasteiger charge is -2.43. The van der Waals surface area contributed by atoms with Crippen molar-refractivity contribution in [1.29, 1.82) is 0 Å². The van der Waals surface area contributed by atoms with Gasteiger partial charge in [0.15, 0.2) is 10.9 Å². The molecule has 3 heterocycles. The first-order chi connectivity index (χ1) is 18.7. The van der Waals surface area contributed by atoms with Gasteiger partial charge in [0, 0.05) is 29.0 Å². The minimum Gasteiger partial charge on any atom is -0.478 e. The number of anilines is 1. The highest BCUT2D eigenvalue weighted by Gasteiger charge is 2.91. The quantitative estimate of drug-likeness (QED) is 0.246. The maximum atomic E-state index is 14.7. The van der Waals surface area contributed by atoms with Crippen molar-refractivity contribution in [3.8, 4) is 11.3 Å². The first kappa shape index (κ1) is 24.1. The summed E-state index contributed by atoms with van der Waals surface area (Å²) in [6.07, 6.45) is 3.05. The molecular formula is C28H22Cl2FN3O4S. The fourth-order valence-corrected chi connectivity index (χ4v) is 8.77. The van der Waals surface area contributed by atoms with Gasteiger partial charge in [-0.1, -0.05) is 52.7 Å². The molecule has 0 radical (unpaired) electrons. The maximum absolute atomic E-state index is 14.7. The van der Waals surface area contributed by atoms with Crippen LogP contribution < -0.4 is 4.90 Å². The van der Waals surface area contributed by atoms with Crippen LogP contribution in [-0.2, 0) is 11.3 Å². The van der Waals surface area contributed by atoms with E-state index in [0.29, 0.717) is 49.6 Å². The number of rotatable bonds is 7. The van der Waals surface area contributed by atoms with Crippen molar-refractivity contribution in [2.24, 2.45) is 11.3 Å². The standard InChI is InChI=1S/C28H22Cl2FN3O4S/c1-27-14-9-28(27,25(27)34(10-14)26-32-22-18(31)7-13(24(35)36)8-19(22)39-26)37-11-15-21(33-38-23(15)12-5-6-12)20-16(29)3-2-4-17(20)30/h2-4,7-8,12,14,25H,5-6,9-11H2,1H3,(H,35,36)/t14-,25+,27-,28-/m0/s1. The highest BCUT2D eigenvalue weighted by atomic mass is 35.5. The summed E-state index contributed by atoms with van der Waals surface area (Å²) in [5.41, 5.74) is 1.92. The minimum absolute atomic E-state index is 0.0330. The molecule has 0 bridgehead atoms. The van der Waals surface area contributed by atoms with E-state index in [1.165, 1.54) is 17.4 Å². The van der Waals surface area contributed by atoms with Crippen molar-refractivity contribution in [3.63, 3.8) is 0 Å². The highest BCUT2D eigenvalue weighted by molar-refractivity contribution is 7.22. The van der Waals surface area contributed by atoms with Crippen molar-refractivity contribution in [2.45, 2.75) is 50.4 Å². The first-order valence-corrected chi connectivity index (χ1v) is 14.5. The number of ether oxygens (including phenoxy) is 1. The van der Waals surface area contributed by atoms with Gasteiger partial charge < -0.3 is 19.3 Å². The number of hydrogen-bond acceptors (Lipinski definition) is 7. The molecule has 1 aliphatic heterocycles. The van der Waals surface area contributed by atoms with Crippen LogP contribution in [0, 0.1) is 17.2 Å². The van der Waals surface area contributed by atoms with Crippen molar-refractivity contribution in [3.05, 3.63) is 63.1 Å². The van der Waals surface area contributed by atoms with Crippen LogP contribution in [0.5, 0.6) is 0 Å². The molecule has 11 heteroatoms. The van der Waals surface area contributed by atoms with Crippen molar-refractivity contribution in [2.75, 3.05) is 11.4 Å². The smallest absolute Gasteiger partial charge is 0.335 e. The number of carboxylic acid groups (broad SMARTS) is 1. The molecule has 1 N–H and O–H groups in total. The van der Waals surface area contributed by atoms with Gasteiger partial charge in [0.05, 0.1) is 38.6 Å². The lowest BCUT2D eigenvalue weighted by molar-refractivity contribution is -0.0950. The van der Waals surface area contributed by atoms with Crippen LogP contribution in [0.25, 0.3) is 21.5 Å². The van der Waals surface area contributed by atoms with Crippen molar-refractivity contribution in [1.82, 2.24) is 10.1 Å². The second-order valence-electron chi connectivity index (χ2n) is 11.3. The van der Waals surface area contributed by atoms with E-state index in [1.807, 2.05) is 0 Å². The molecule has 3 saturated carbocycles. The van der Waals surface area contributed by atoms with Gasteiger partial charge in [-0.2, -0.15) is 0 Å². The van der Waals surface area contributed by atoms with Crippen LogP contribution >= 0.6 is 34.5 Å². The monoisotopic (exact) mass is 585 g/mol. The Morgan fingerprint density at radius 2 is 2.08 bits per heavy atom. The average Bonchev–Trinajstić information content (AvgIpc) is 3.59. The summed E-state index contributed by atoms with van der Waals surface area (Å²) in [5, 5.41) is 15.4. The Balaban J connectivity index is 1.11. The van der Waals surface area contributed by atoms with E-state index >= 15 is 0 Å². The number of aromatic nitrogens is 2.